The fraction of sp³-hybridized carbons (Fsp3) is 0.462. The summed E-state index contributed by atoms with van der Waals surface area (Å²) in [6.07, 6.45) is 2.31. The number of nitrogen functional groups attached to an aromatic ring is 1. The van der Waals surface area contributed by atoms with Gasteiger partial charge in [0.2, 0.25) is 0 Å². The van der Waals surface area contributed by atoms with Gasteiger partial charge in [0.1, 0.15) is 0 Å². The Hall–Kier alpha value is -1.03. The van der Waals surface area contributed by atoms with Gasteiger partial charge in [0, 0.05) is 28.8 Å². The van der Waals surface area contributed by atoms with Gasteiger partial charge in [0.25, 0.3) is 5.91 Å². The number of hydrogen-bond donors (Lipinski definition) is 1. The molecule has 0 saturated carbocycles. The minimum atomic E-state index is 0.0875. The molecule has 0 aliphatic carbocycles. The maximum absolute atomic E-state index is 12.3. The number of halogens is 1. The van der Waals surface area contributed by atoms with E-state index >= 15 is 0 Å². The van der Waals surface area contributed by atoms with E-state index in [9.17, 15) is 4.79 Å². The molecule has 1 heterocycles. The van der Waals surface area contributed by atoms with Gasteiger partial charge in [-0.15, -0.1) is 0 Å². The van der Waals surface area contributed by atoms with Crippen LogP contribution in [0.25, 0.3) is 0 Å². The predicted octanol–water partition coefficient (Wildman–Crippen LogP) is 2.90. The average Bonchev–Trinajstić information content (AvgIpc) is 2.26. The number of piperidine rings is 1. The monoisotopic (exact) mass is 296 g/mol. The topological polar surface area (TPSA) is 46.3 Å². The van der Waals surface area contributed by atoms with E-state index in [1.807, 2.05) is 11.0 Å². The molecule has 1 fully saturated rings. The van der Waals surface area contributed by atoms with E-state index in [2.05, 4.69) is 22.9 Å². The quantitative estimate of drug-likeness (QED) is 0.810. The Bertz CT molecular complexity index is 413. The number of nitrogens with two attached hydrogens (primary N) is 1. The van der Waals surface area contributed by atoms with Crippen molar-refractivity contribution >= 4 is 27.5 Å². The van der Waals surface area contributed by atoms with Gasteiger partial charge in [-0.2, -0.15) is 0 Å². The van der Waals surface area contributed by atoms with Crippen molar-refractivity contribution in [1.82, 2.24) is 4.90 Å². The molecule has 1 aromatic rings. The molecule has 1 aliphatic heterocycles. The van der Waals surface area contributed by atoms with E-state index in [1.165, 1.54) is 6.42 Å². The maximum Gasteiger partial charge on any atom is 0.253 e. The molecule has 3 nitrogen and oxygen atoms in total. The third-order valence-electron chi connectivity index (χ3n) is 3.11. The molecule has 0 aromatic heterocycles. The Kier molecular flexibility index (Phi) is 3.72. The maximum atomic E-state index is 12.3. The van der Waals surface area contributed by atoms with Crippen molar-refractivity contribution in [3.63, 3.8) is 0 Å². The van der Waals surface area contributed by atoms with Crippen LogP contribution in [0.1, 0.15) is 30.1 Å². The number of benzene rings is 1. The fourth-order valence-corrected chi connectivity index (χ4v) is 2.80. The van der Waals surface area contributed by atoms with E-state index < -0.39 is 0 Å². The van der Waals surface area contributed by atoms with Gasteiger partial charge in [0.05, 0.1) is 0 Å². The first kappa shape index (κ1) is 12.4. The molecule has 1 atom stereocenters. The average molecular weight is 297 g/mol. The lowest BCUT2D eigenvalue weighted by molar-refractivity contribution is 0.0683. The lowest BCUT2D eigenvalue weighted by Crippen LogP contribution is -2.39. The molecule has 0 spiro atoms. The van der Waals surface area contributed by atoms with E-state index in [1.54, 1.807) is 12.1 Å². The highest BCUT2D eigenvalue weighted by Gasteiger charge is 2.22. The van der Waals surface area contributed by atoms with Crippen molar-refractivity contribution in [2.75, 3.05) is 18.8 Å². The first-order valence-corrected chi connectivity index (χ1v) is 6.71. The van der Waals surface area contributed by atoms with Crippen LogP contribution in [0.5, 0.6) is 0 Å². The smallest absolute Gasteiger partial charge is 0.253 e. The highest BCUT2D eigenvalue weighted by molar-refractivity contribution is 9.10. The number of rotatable bonds is 1. The van der Waals surface area contributed by atoms with Crippen molar-refractivity contribution < 1.29 is 4.79 Å². The third-order valence-corrected chi connectivity index (χ3v) is 3.57. The number of hydrogen-bond acceptors (Lipinski definition) is 2. The molecule has 0 bridgehead atoms. The highest BCUT2D eigenvalue weighted by atomic mass is 79.9. The fourth-order valence-electron chi connectivity index (χ4n) is 2.29. The van der Waals surface area contributed by atoms with Crippen LogP contribution in [0, 0.1) is 5.92 Å². The van der Waals surface area contributed by atoms with Gasteiger partial charge in [-0.05, 0) is 37.0 Å². The molecule has 2 N–H and O–H groups in total. The summed E-state index contributed by atoms with van der Waals surface area (Å²) in [4.78, 5) is 14.2. The first-order chi connectivity index (χ1) is 8.06. The van der Waals surface area contributed by atoms with Crippen molar-refractivity contribution in [3.05, 3.63) is 28.2 Å². The second-order valence-electron chi connectivity index (χ2n) is 4.77. The minimum Gasteiger partial charge on any atom is -0.399 e. The van der Waals surface area contributed by atoms with Gasteiger partial charge < -0.3 is 10.6 Å². The highest BCUT2D eigenvalue weighted by Crippen LogP contribution is 2.21. The van der Waals surface area contributed by atoms with E-state index in [4.69, 9.17) is 5.73 Å². The summed E-state index contributed by atoms with van der Waals surface area (Å²) < 4.78 is 0.853. The summed E-state index contributed by atoms with van der Waals surface area (Å²) >= 11 is 3.37. The Labute approximate surface area is 110 Å². The molecule has 4 heteroatoms. The van der Waals surface area contributed by atoms with Crippen LogP contribution in [-0.2, 0) is 0 Å². The van der Waals surface area contributed by atoms with Gasteiger partial charge in [0.15, 0.2) is 0 Å². The summed E-state index contributed by atoms with van der Waals surface area (Å²) in [5.41, 5.74) is 7.04. The van der Waals surface area contributed by atoms with Crippen LogP contribution in [-0.4, -0.2) is 23.9 Å². The molecule has 17 heavy (non-hydrogen) atoms. The molecule has 92 valence electrons. The van der Waals surface area contributed by atoms with Gasteiger partial charge in [-0.3, -0.25) is 4.79 Å². The van der Waals surface area contributed by atoms with Crippen LogP contribution >= 0.6 is 15.9 Å². The second-order valence-corrected chi connectivity index (χ2v) is 5.69. The molecule has 1 aromatic carbocycles. The number of anilines is 1. The van der Waals surface area contributed by atoms with Crippen LogP contribution in [0.2, 0.25) is 0 Å². The number of likely N-dealkylation sites (tertiary alicyclic amines) is 1. The van der Waals surface area contributed by atoms with Crippen molar-refractivity contribution in [1.29, 1.82) is 0 Å². The summed E-state index contributed by atoms with van der Waals surface area (Å²) in [5.74, 6) is 0.682. The first-order valence-electron chi connectivity index (χ1n) is 5.91. The Morgan fingerprint density at radius 3 is 2.88 bits per heavy atom. The zero-order valence-corrected chi connectivity index (χ0v) is 11.5. The van der Waals surface area contributed by atoms with E-state index in [0.29, 0.717) is 17.2 Å². The van der Waals surface area contributed by atoms with E-state index in [0.717, 1.165) is 24.0 Å². The molecule has 0 radical (unpaired) electrons. The van der Waals surface area contributed by atoms with Crippen molar-refractivity contribution in [2.45, 2.75) is 19.8 Å². The molecule has 2 rings (SSSR count). The zero-order chi connectivity index (χ0) is 12.4. The van der Waals surface area contributed by atoms with Gasteiger partial charge >= 0.3 is 0 Å². The summed E-state index contributed by atoms with van der Waals surface area (Å²) in [6.45, 7) is 3.90. The molecule has 1 amide bonds. The van der Waals surface area contributed by atoms with Crippen LogP contribution in [0.15, 0.2) is 22.7 Å². The van der Waals surface area contributed by atoms with Gasteiger partial charge in [-0.25, -0.2) is 0 Å². The number of carbonyl (C=O) groups excluding carboxylic acids is 1. The van der Waals surface area contributed by atoms with Crippen LogP contribution < -0.4 is 5.73 Å². The lowest BCUT2D eigenvalue weighted by Gasteiger charge is -2.31. The summed E-state index contributed by atoms with van der Waals surface area (Å²) in [7, 11) is 0. The Balaban J connectivity index is 2.18. The normalized spacial score (nSPS) is 20.4. The SMILES string of the molecule is C[C@@H]1CCCN(C(=O)c2cc(N)cc(Br)c2)C1. The third kappa shape index (κ3) is 3.00. The largest absolute Gasteiger partial charge is 0.399 e. The zero-order valence-electron chi connectivity index (χ0n) is 9.95. The molecular weight excluding hydrogens is 280 g/mol. The predicted molar refractivity (Wildman–Crippen MR) is 72.9 cm³/mol. The minimum absolute atomic E-state index is 0.0875. The Morgan fingerprint density at radius 1 is 1.47 bits per heavy atom. The summed E-state index contributed by atoms with van der Waals surface area (Å²) in [5, 5.41) is 0. The Morgan fingerprint density at radius 2 is 2.24 bits per heavy atom. The number of amides is 1. The molecule has 1 saturated heterocycles. The van der Waals surface area contributed by atoms with Crippen molar-refractivity contribution in [3.8, 4) is 0 Å². The van der Waals surface area contributed by atoms with Crippen molar-refractivity contribution in [2.24, 2.45) is 5.92 Å². The van der Waals surface area contributed by atoms with Crippen LogP contribution in [0.3, 0.4) is 0 Å². The van der Waals surface area contributed by atoms with Gasteiger partial charge in [-0.1, -0.05) is 22.9 Å². The second kappa shape index (κ2) is 5.08. The van der Waals surface area contributed by atoms with E-state index in [-0.39, 0.29) is 5.91 Å². The molecule has 1 aliphatic rings. The van der Waals surface area contributed by atoms with Crippen LogP contribution in [0.4, 0.5) is 5.69 Å². The summed E-state index contributed by atoms with van der Waals surface area (Å²) in [6, 6.07) is 5.37. The number of carbonyl (C=O) groups is 1. The lowest BCUT2D eigenvalue weighted by atomic mass is 9.99. The standard InChI is InChI=1S/C13H17BrN2O/c1-9-3-2-4-16(8-9)13(17)10-5-11(14)7-12(15)6-10/h5-7,9H,2-4,8,15H2,1H3/t9-/m1/s1. The molecule has 0 unspecified atom stereocenters. The number of nitrogens with zero attached hydrogens (tertiary/aromatic N) is 1. The molecular formula is C13H17BrN2O.